The first-order valence-electron chi connectivity index (χ1n) is 9.02. The van der Waals surface area contributed by atoms with Gasteiger partial charge < -0.3 is 9.63 Å². The van der Waals surface area contributed by atoms with Gasteiger partial charge in [-0.25, -0.2) is 0 Å². The van der Waals surface area contributed by atoms with Crippen LogP contribution in [0.3, 0.4) is 0 Å². The normalized spacial score (nSPS) is 30.5. The van der Waals surface area contributed by atoms with Crippen molar-refractivity contribution >= 4 is 0 Å². The fourth-order valence-corrected chi connectivity index (χ4v) is 4.92. The van der Waals surface area contributed by atoms with Gasteiger partial charge in [-0.05, 0) is 45.1 Å². The molecule has 4 nitrogen and oxygen atoms in total. The van der Waals surface area contributed by atoms with Crippen LogP contribution in [0.25, 0.3) is 0 Å². The number of aliphatic hydroxyl groups is 1. The van der Waals surface area contributed by atoms with Gasteiger partial charge in [-0.15, -0.1) is 0 Å². The molecular weight excluding hydrogens is 300 g/mol. The Morgan fingerprint density at radius 2 is 1.83 bits per heavy atom. The summed E-state index contributed by atoms with van der Waals surface area (Å²) < 4.78 is 5.33. The molecule has 1 aromatic heterocycles. The van der Waals surface area contributed by atoms with Gasteiger partial charge in [0, 0.05) is 24.2 Å². The van der Waals surface area contributed by atoms with Crippen LogP contribution in [0, 0.1) is 13.8 Å². The molecule has 24 heavy (non-hydrogen) atoms. The lowest BCUT2D eigenvalue weighted by atomic mass is 9.72. The van der Waals surface area contributed by atoms with Crippen LogP contribution in [-0.2, 0) is 12.1 Å². The number of benzene rings is 1. The number of rotatable bonds is 3. The van der Waals surface area contributed by atoms with Crippen molar-refractivity contribution in [3.8, 4) is 0 Å². The summed E-state index contributed by atoms with van der Waals surface area (Å²) >= 11 is 0. The van der Waals surface area contributed by atoms with Crippen LogP contribution in [0.1, 0.15) is 54.7 Å². The van der Waals surface area contributed by atoms with E-state index in [1.807, 2.05) is 13.8 Å². The van der Waals surface area contributed by atoms with E-state index in [0.29, 0.717) is 12.1 Å². The zero-order chi connectivity index (χ0) is 16.7. The maximum atomic E-state index is 11.5. The molecule has 0 amide bonds. The minimum Gasteiger partial charge on any atom is -0.385 e. The molecule has 128 valence electrons. The van der Waals surface area contributed by atoms with Gasteiger partial charge in [0.15, 0.2) is 0 Å². The van der Waals surface area contributed by atoms with Crippen molar-refractivity contribution in [3.05, 3.63) is 52.9 Å². The van der Waals surface area contributed by atoms with E-state index in [4.69, 9.17) is 4.52 Å². The van der Waals surface area contributed by atoms with Crippen LogP contribution in [0.2, 0.25) is 0 Å². The Kier molecular flexibility index (Phi) is 3.97. The van der Waals surface area contributed by atoms with Gasteiger partial charge >= 0.3 is 0 Å². The van der Waals surface area contributed by atoms with Crippen molar-refractivity contribution in [2.24, 2.45) is 0 Å². The van der Waals surface area contributed by atoms with Crippen molar-refractivity contribution in [2.45, 2.75) is 70.2 Å². The Bertz CT molecular complexity index is 676. The molecule has 2 atom stereocenters. The highest BCUT2D eigenvalue weighted by molar-refractivity contribution is 5.30. The second-order valence-electron chi connectivity index (χ2n) is 7.54. The van der Waals surface area contributed by atoms with Crippen molar-refractivity contribution in [1.29, 1.82) is 0 Å². The summed E-state index contributed by atoms with van der Waals surface area (Å²) in [6.45, 7) is 4.84. The minimum atomic E-state index is -0.795. The Morgan fingerprint density at radius 3 is 2.42 bits per heavy atom. The van der Waals surface area contributed by atoms with E-state index < -0.39 is 5.60 Å². The van der Waals surface area contributed by atoms with E-state index >= 15 is 0 Å². The maximum Gasteiger partial charge on any atom is 0.140 e. The second-order valence-corrected chi connectivity index (χ2v) is 7.54. The molecule has 0 radical (unpaired) electrons. The van der Waals surface area contributed by atoms with E-state index in [1.54, 1.807) is 0 Å². The molecule has 0 saturated carbocycles. The molecule has 4 heteroatoms. The van der Waals surface area contributed by atoms with Crippen molar-refractivity contribution in [1.82, 2.24) is 10.1 Å². The molecular formula is C20H26N2O2. The first-order valence-corrected chi connectivity index (χ1v) is 9.02. The van der Waals surface area contributed by atoms with Crippen molar-refractivity contribution < 1.29 is 9.63 Å². The van der Waals surface area contributed by atoms with E-state index in [-0.39, 0.29) is 0 Å². The molecule has 2 saturated heterocycles. The molecule has 1 N–H and O–H groups in total. The summed E-state index contributed by atoms with van der Waals surface area (Å²) in [6, 6.07) is 11.5. The predicted octanol–water partition coefficient (Wildman–Crippen LogP) is 3.70. The molecule has 2 aliphatic heterocycles. The highest BCUT2D eigenvalue weighted by atomic mass is 16.5. The fourth-order valence-electron chi connectivity index (χ4n) is 4.92. The summed E-state index contributed by atoms with van der Waals surface area (Å²) in [6.07, 6.45) is 5.14. The van der Waals surface area contributed by atoms with Crippen LogP contribution in [0.5, 0.6) is 0 Å². The number of aromatic nitrogens is 1. The second kappa shape index (κ2) is 6.01. The lowest BCUT2D eigenvalue weighted by Gasteiger charge is -2.52. The molecule has 2 aromatic rings. The maximum absolute atomic E-state index is 11.5. The number of piperidine rings is 2. The zero-order valence-corrected chi connectivity index (χ0v) is 14.5. The third-order valence-electron chi connectivity index (χ3n) is 5.87. The fraction of sp³-hybridized carbons (Fsp3) is 0.550. The van der Waals surface area contributed by atoms with E-state index in [0.717, 1.165) is 49.2 Å². The quantitative estimate of drug-likeness (QED) is 0.934. The summed E-state index contributed by atoms with van der Waals surface area (Å²) in [4.78, 5) is 2.62. The number of aryl methyl sites for hydroxylation is 2. The van der Waals surface area contributed by atoms with Crippen LogP contribution in [0.15, 0.2) is 34.9 Å². The van der Waals surface area contributed by atoms with E-state index in [1.165, 1.54) is 12.0 Å². The van der Waals surface area contributed by atoms with Gasteiger partial charge in [0.1, 0.15) is 5.76 Å². The third-order valence-corrected chi connectivity index (χ3v) is 5.87. The van der Waals surface area contributed by atoms with Crippen molar-refractivity contribution in [3.63, 3.8) is 0 Å². The van der Waals surface area contributed by atoms with E-state index in [2.05, 4.69) is 40.4 Å². The number of hydrogen-bond donors (Lipinski definition) is 1. The lowest BCUT2D eigenvalue weighted by Crippen LogP contribution is -2.56. The zero-order valence-electron chi connectivity index (χ0n) is 14.5. The monoisotopic (exact) mass is 326 g/mol. The van der Waals surface area contributed by atoms with E-state index in [9.17, 15) is 5.11 Å². The largest absolute Gasteiger partial charge is 0.385 e. The summed E-state index contributed by atoms with van der Waals surface area (Å²) in [5.41, 5.74) is 2.33. The Morgan fingerprint density at radius 1 is 1.17 bits per heavy atom. The van der Waals surface area contributed by atoms with Crippen molar-refractivity contribution in [2.75, 3.05) is 0 Å². The SMILES string of the molecule is Cc1noc(C)c1C1(O)CC2CCCC(C1)N2Cc1ccccc1. The highest BCUT2D eigenvalue weighted by Crippen LogP contribution is 2.46. The first-order chi connectivity index (χ1) is 11.6. The van der Waals surface area contributed by atoms with Gasteiger partial charge in [0.25, 0.3) is 0 Å². The van der Waals surface area contributed by atoms with Gasteiger partial charge in [-0.3, -0.25) is 4.90 Å². The Hall–Kier alpha value is -1.65. The molecule has 3 heterocycles. The third kappa shape index (κ3) is 2.68. The molecule has 2 bridgehead atoms. The van der Waals surface area contributed by atoms with Crippen LogP contribution in [0.4, 0.5) is 0 Å². The molecule has 4 rings (SSSR count). The topological polar surface area (TPSA) is 49.5 Å². The summed E-state index contributed by atoms with van der Waals surface area (Å²) in [5.74, 6) is 0.768. The van der Waals surface area contributed by atoms with Crippen LogP contribution >= 0.6 is 0 Å². The number of nitrogens with zero attached hydrogens (tertiary/aromatic N) is 2. The summed E-state index contributed by atoms with van der Waals surface area (Å²) in [5, 5.41) is 15.5. The smallest absolute Gasteiger partial charge is 0.140 e. The molecule has 2 aliphatic rings. The standard InChI is InChI=1S/C20H26N2O2/c1-14-19(15(2)24-21-14)20(23)11-17-9-6-10-18(12-20)22(17)13-16-7-4-3-5-8-16/h3-5,7-8,17-18,23H,6,9-13H2,1-2H3. The van der Waals surface area contributed by atoms with Crippen LogP contribution in [-0.4, -0.2) is 27.2 Å². The molecule has 2 unspecified atom stereocenters. The van der Waals surface area contributed by atoms with Gasteiger partial charge in [-0.1, -0.05) is 41.9 Å². The van der Waals surface area contributed by atoms with Gasteiger partial charge in [-0.2, -0.15) is 0 Å². The highest BCUT2D eigenvalue weighted by Gasteiger charge is 2.48. The Labute approximate surface area is 143 Å². The molecule has 0 aliphatic carbocycles. The van der Waals surface area contributed by atoms with Gasteiger partial charge in [0.05, 0.1) is 11.3 Å². The minimum absolute atomic E-state index is 0.427. The predicted molar refractivity (Wildman–Crippen MR) is 92.5 cm³/mol. The molecule has 0 spiro atoms. The number of fused-ring (bicyclic) bond motifs is 2. The first kappa shape index (κ1) is 15.9. The lowest BCUT2D eigenvalue weighted by molar-refractivity contribution is -0.101. The Balaban J connectivity index is 1.61. The number of hydrogen-bond acceptors (Lipinski definition) is 4. The van der Waals surface area contributed by atoms with Gasteiger partial charge in [0.2, 0.25) is 0 Å². The summed E-state index contributed by atoms with van der Waals surface area (Å²) in [7, 11) is 0. The average Bonchev–Trinajstić information content (AvgIpc) is 2.89. The van der Waals surface area contributed by atoms with Crippen LogP contribution < -0.4 is 0 Å². The average molecular weight is 326 g/mol. The molecule has 2 fully saturated rings. The molecule has 1 aromatic carbocycles.